The second-order valence-corrected chi connectivity index (χ2v) is 3.91. The Morgan fingerprint density at radius 3 is 2.44 bits per heavy atom. The van der Waals surface area contributed by atoms with E-state index in [0.717, 1.165) is 4.90 Å². The molecule has 1 aromatic rings. The van der Waals surface area contributed by atoms with Crippen LogP contribution in [-0.4, -0.2) is 17.7 Å². The Kier molecular flexibility index (Phi) is 2.92. The average Bonchev–Trinajstić information content (AvgIpc) is 2.56. The van der Waals surface area contributed by atoms with Gasteiger partial charge in [0.05, 0.1) is 11.6 Å². The molecule has 1 unspecified atom stereocenters. The van der Waals surface area contributed by atoms with Gasteiger partial charge in [-0.2, -0.15) is 0 Å². The van der Waals surface area contributed by atoms with Crippen LogP contribution in [0.25, 0.3) is 0 Å². The maximum absolute atomic E-state index is 12.7. The molecule has 0 aromatic heterocycles. The maximum Gasteiger partial charge on any atom is 0.238 e. The van der Waals surface area contributed by atoms with Gasteiger partial charge < -0.3 is 0 Å². The molecular weight excluding hydrogens is 233 g/mol. The first kappa shape index (κ1) is 11.1. The number of carbonyl (C=O) groups excluding carboxylic acids is 2. The summed E-state index contributed by atoms with van der Waals surface area (Å²) in [5.74, 6) is -1.34. The van der Waals surface area contributed by atoms with Gasteiger partial charge in [-0.05, 0) is 24.3 Å². The number of rotatable bonds is 2. The number of benzene rings is 1. The standard InChI is InChI=1S/C11H9ClFNO2/c12-6-7-5-10(15)14(11(7)16)9-3-1-8(13)2-4-9/h1-4,7H,5-6H2. The summed E-state index contributed by atoms with van der Waals surface area (Å²) in [7, 11) is 0. The lowest BCUT2D eigenvalue weighted by molar-refractivity contribution is -0.122. The van der Waals surface area contributed by atoms with Crippen LogP contribution in [0.3, 0.4) is 0 Å². The molecule has 0 bridgehead atoms. The Morgan fingerprint density at radius 2 is 1.94 bits per heavy atom. The highest BCUT2D eigenvalue weighted by Crippen LogP contribution is 2.27. The predicted octanol–water partition coefficient (Wildman–Crippen LogP) is 1.94. The summed E-state index contributed by atoms with van der Waals surface area (Å²) < 4.78 is 12.7. The smallest absolute Gasteiger partial charge is 0.238 e. The van der Waals surface area contributed by atoms with Gasteiger partial charge in [0, 0.05) is 12.3 Å². The Morgan fingerprint density at radius 1 is 1.31 bits per heavy atom. The van der Waals surface area contributed by atoms with Crippen LogP contribution in [-0.2, 0) is 9.59 Å². The maximum atomic E-state index is 12.7. The van der Waals surface area contributed by atoms with Crippen molar-refractivity contribution < 1.29 is 14.0 Å². The minimum Gasteiger partial charge on any atom is -0.274 e. The topological polar surface area (TPSA) is 37.4 Å². The number of carbonyl (C=O) groups is 2. The van der Waals surface area contributed by atoms with E-state index in [0.29, 0.717) is 5.69 Å². The molecule has 0 aliphatic carbocycles. The summed E-state index contributed by atoms with van der Waals surface area (Å²) in [6, 6.07) is 5.23. The molecule has 1 aliphatic heterocycles. The number of anilines is 1. The Bertz CT molecular complexity index is 432. The largest absolute Gasteiger partial charge is 0.274 e. The minimum absolute atomic E-state index is 0.125. The first-order valence-corrected chi connectivity index (χ1v) is 5.35. The molecule has 1 aromatic carbocycles. The van der Waals surface area contributed by atoms with Gasteiger partial charge in [-0.3, -0.25) is 14.5 Å². The molecule has 1 saturated heterocycles. The number of nitrogens with zero attached hydrogens (tertiary/aromatic N) is 1. The fraction of sp³-hybridized carbons (Fsp3) is 0.273. The third kappa shape index (κ3) is 1.80. The van der Waals surface area contributed by atoms with Crippen molar-refractivity contribution >= 4 is 29.1 Å². The second-order valence-electron chi connectivity index (χ2n) is 3.60. The third-order valence-electron chi connectivity index (χ3n) is 2.51. The fourth-order valence-electron chi connectivity index (χ4n) is 1.68. The van der Waals surface area contributed by atoms with Crippen LogP contribution in [0.15, 0.2) is 24.3 Å². The first-order valence-electron chi connectivity index (χ1n) is 4.82. The van der Waals surface area contributed by atoms with E-state index in [1.807, 2.05) is 0 Å². The molecule has 2 amide bonds. The molecule has 5 heteroatoms. The summed E-state index contributed by atoms with van der Waals surface area (Å²) in [6.07, 6.45) is 0.125. The van der Waals surface area contributed by atoms with Crippen molar-refractivity contribution in [2.24, 2.45) is 5.92 Å². The zero-order valence-electron chi connectivity index (χ0n) is 8.32. The van der Waals surface area contributed by atoms with Gasteiger partial charge in [-0.15, -0.1) is 11.6 Å². The van der Waals surface area contributed by atoms with Crippen molar-refractivity contribution in [1.82, 2.24) is 0 Å². The molecule has 1 atom stereocenters. The number of halogens is 2. The predicted molar refractivity (Wildman–Crippen MR) is 57.7 cm³/mol. The molecule has 1 heterocycles. The van der Waals surface area contributed by atoms with Gasteiger partial charge in [0.25, 0.3) is 0 Å². The Balaban J connectivity index is 2.31. The van der Waals surface area contributed by atoms with Crippen LogP contribution in [0.2, 0.25) is 0 Å². The average molecular weight is 242 g/mol. The van der Waals surface area contributed by atoms with Gasteiger partial charge in [0.1, 0.15) is 5.82 Å². The van der Waals surface area contributed by atoms with Gasteiger partial charge >= 0.3 is 0 Å². The van der Waals surface area contributed by atoms with Crippen LogP contribution in [0.4, 0.5) is 10.1 Å². The molecule has 16 heavy (non-hydrogen) atoms. The highest BCUT2D eigenvalue weighted by molar-refractivity contribution is 6.25. The number of imide groups is 1. The molecular formula is C11H9ClFNO2. The zero-order valence-corrected chi connectivity index (χ0v) is 9.08. The van der Waals surface area contributed by atoms with Crippen LogP contribution < -0.4 is 4.90 Å². The highest BCUT2D eigenvalue weighted by atomic mass is 35.5. The molecule has 1 fully saturated rings. The molecule has 2 rings (SSSR count). The number of amides is 2. The summed E-state index contributed by atoms with van der Waals surface area (Å²) in [5, 5.41) is 0. The zero-order chi connectivity index (χ0) is 11.7. The van der Waals surface area contributed by atoms with Crippen molar-refractivity contribution in [3.05, 3.63) is 30.1 Å². The molecule has 0 N–H and O–H groups in total. The molecule has 3 nitrogen and oxygen atoms in total. The van der Waals surface area contributed by atoms with Crippen LogP contribution in [0.5, 0.6) is 0 Å². The van der Waals surface area contributed by atoms with E-state index in [9.17, 15) is 14.0 Å². The lowest BCUT2D eigenvalue weighted by Crippen LogP contribution is -2.30. The minimum atomic E-state index is -0.459. The van der Waals surface area contributed by atoms with Crippen molar-refractivity contribution in [2.45, 2.75) is 6.42 Å². The molecule has 0 radical (unpaired) electrons. The van der Waals surface area contributed by atoms with E-state index in [1.54, 1.807) is 0 Å². The highest BCUT2D eigenvalue weighted by Gasteiger charge is 2.38. The lowest BCUT2D eigenvalue weighted by atomic mass is 10.1. The molecule has 1 aliphatic rings. The summed E-state index contributed by atoms with van der Waals surface area (Å²) >= 11 is 5.59. The normalized spacial score (nSPS) is 20.6. The summed E-state index contributed by atoms with van der Waals surface area (Å²) in [6.45, 7) is 0. The van der Waals surface area contributed by atoms with E-state index in [-0.39, 0.29) is 24.1 Å². The van der Waals surface area contributed by atoms with Crippen LogP contribution in [0.1, 0.15) is 6.42 Å². The van der Waals surface area contributed by atoms with E-state index >= 15 is 0 Å². The SMILES string of the molecule is O=C1CC(CCl)C(=O)N1c1ccc(F)cc1. The summed E-state index contributed by atoms with van der Waals surface area (Å²) in [4.78, 5) is 24.4. The van der Waals surface area contributed by atoms with Crippen LogP contribution in [0, 0.1) is 11.7 Å². The fourth-order valence-corrected chi connectivity index (χ4v) is 1.92. The number of hydrogen-bond acceptors (Lipinski definition) is 2. The molecule has 0 saturated carbocycles. The van der Waals surface area contributed by atoms with E-state index in [4.69, 9.17) is 11.6 Å². The lowest BCUT2D eigenvalue weighted by Gasteiger charge is -2.14. The van der Waals surface area contributed by atoms with Gasteiger partial charge in [0.15, 0.2) is 0 Å². The third-order valence-corrected chi connectivity index (χ3v) is 2.88. The van der Waals surface area contributed by atoms with Crippen molar-refractivity contribution in [1.29, 1.82) is 0 Å². The number of hydrogen-bond donors (Lipinski definition) is 0. The van der Waals surface area contributed by atoms with E-state index < -0.39 is 11.7 Å². The van der Waals surface area contributed by atoms with Crippen molar-refractivity contribution in [3.63, 3.8) is 0 Å². The van der Waals surface area contributed by atoms with E-state index in [1.165, 1.54) is 24.3 Å². The van der Waals surface area contributed by atoms with E-state index in [2.05, 4.69) is 0 Å². The Hall–Kier alpha value is -1.42. The molecule has 84 valence electrons. The van der Waals surface area contributed by atoms with Crippen molar-refractivity contribution in [2.75, 3.05) is 10.8 Å². The number of alkyl halides is 1. The van der Waals surface area contributed by atoms with Gasteiger partial charge in [0.2, 0.25) is 11.8 Å². The first-order chi connectivity index (χ1) is 7.63. The Labute approximate surface area is 96.8 Å². The van der Waals surface area contributed by atoms with Gasteiger partial charge in [-0.1, -0.05) is 0 Å². The van der Waals surface area contributed by atoms with Crippen LogP contribution >= 0.6 is 11.6 Å². The quantitative estimate of drug-likeness (QED) is 0.586. The summed E-state index contributed by atoms with van der Waals surface area (Å²) in [5.41, 5.74) is 0.393. The van der Waals surface area contributed by atoms with Crippen molar-refractivity contribution in [3.8, 4) is 0 Å². The molecule has 0 spiro atoms. The monoisotopic (exact) mass is 241 g/mol. The second kappa shape index (κ2) is 4.22. The van der Waals surface area contributed by atoms with Gasteiger partial charge in [-0.25, -0.2) is 4.39 Å².